The number of carbonyl (C=O) groups excluding carboxylic acids is 2. The van der Waals surface area contributed by atoms with Crippen LogP contribution in [0.25, 0.3) is 0 Å². The van der Waals surface area contributed by atoms with E-state index in [-0.39, 0.29) is 23.8 Å². The van der Waals surface area contributed by atoms with Crippen molar-refractivity contribution < 1.29 is 14.7 Å². The molecule has 0 radical (unpaired) electrons. The van der Waals surface area contributed by atoms with Gasteiger partial charge in [-0.2, -0.15) is 0 Å². The topological polar surface area (TPSA) is 69.6 Å². The molecule has 0 aromatic carbocycles. The van der Waals surface area contributed by atoms with Gasteiger partial charge in [-0.05, 0) is 105 Å². The molecule has 1 heterocycles. The Morgan fingerprint density at radius 3 is 2.71 bits per heavy atom. The molecule has 1 saturated heterocycles. The van der Waals surface area contributed by atoms with Crippen molar-refractivity contribution in [2.45, 2.75) is 97.5 Å². The Morgan fingerprint density at radius 1 is 1.14 bits per heavy atom. The molecule has 5 rings (SSSR count). The second-order valence-electron chi connectivity index (χ2n) is 13.3. The third-order valence-corrected chi connectivity index (χ3v) is 11.8. The van der Waals surface area contributed by atoms with Crippen LogP contribution in [0.15, 0.2) is 11.6 Å². The number of carbonyl (C=O) groups is 2. The fourth-order valence-electron chi connectivity index (χ4n) is 9.73. The summed E-state index contributed by atoms with van der Waals surface area (Å²) in [4.78, 5) is 26.8. The molecule has 9 atom stereocenters. The van der Waals surface area contributed by atoms with Crippen LogP contribution in [0.3, 0.4) is 0 Å². The first kappa shape index (κ1) is 25.3. The van der Waals surface area contributed by atoms with E-state index in [0.29, 0.717) is 35.6 Å². The fourth-order valence-corrected chi connectivity index (χ4v) is 9.73. The average Bonchev–Trinajstić information content (AvgIpc) is 3.47. The summed E-state index contributed by atoms with van der Waals surface area (Å²) < 4.78 is 0. The van der Waals surface area contributed by atoms with Gasteiger partial charge in [0.05, 0.1) is 12.0 Å². The number of amides is 2. The summed E-state index contributed by atoms with van der Waals surface area (Å²) in [6, 6.07) is 0. The van der Waals surface area contributed by atoms with Gasteiger partial charge in [0.25, 0.3) is 0 Å². The Hall–Kier alpha value is -1.36. The number of fused-ring (bicyclic) bond motifs is 5. The lowest BCUT2D eigenvalue weighted by Gasteiger charge is -2.58. The lowest BCUT2D eigenvalue weighted by atomic mass is 9.47. The molecule has 4 fully saturated rings. The number of hydrogen-bond donors (Lipinski definition) is 2. The Balaban J connectivity index is 1.20. The number of aliphatic hydroxyl groups excluding tert-OH is 1. The maximum Gasteiger partial charge on any atom is 0.224 e. The number of nitrogens with one attached hydrogen (secondary N) is 1. The summed E-state index contributed by atoms with van der Waals surface area (Å²) in [5.74, 6) is 3.93. The van der Waals surface area contributed by atoms with Gasteiger partial charge in [-0.25, -0.2) is 0 Å². The SMILES string of the molecule is CNC(=O)C1CCN(C(=O)CCC(C)[C@H]2CC[C@H]3[C@@H]4CC=C5C[C@@H](O)CC[C@]5(C)[C@H]4CC[C@]23C)C1. The van der Waals surface area contributed by atoms with Crippen LogP contribution < -0.4 is 5.32 Å². The lowest BCUT2D eigenvalue weighted by Crippen LogP contribution is -2.50. The molecule has 0 spiro atoms. The Morgan fingerprint density at radius 2 is 1.94 bits per heavy atom. The standard InChI is InChI=1S/C30H48N2O3/c1-19(5-10-27(34)32-16-13-20(18-32)28(35)31-4)24-8-9-25-23-7-6-21-17-22(33)11-14-29(21,2)26(23)12-15-30(24,25)3/h6,19-20,22-26,33H,5,7-18H2,1-4H3,(H,31,35)/t19?,20?,22-,23-,24+,25-,26-,29-,30+/m0/s1. The molecule has 2 N–H and O–H groups in total. The van der Waals surface area contributed by atoms with Crippen LogP contribution in [-0.4, -0.2) is 48.1 Å². The summed E-state index contributed by atoms with van der Waals surface area (Å²) in [5, 5.41) is 13.0. The first-order valence-corrected chi connectivity index (χ1v) is 14.5. The molecule has 0 aromatic rings. The van der Waals surface area contributed by atoms with Gasteiger partial charge in [0.1, 0.15) is 0 Å². The minimum atomic E-state index is -0.130. The van der Waals surface area contributed by atoms with Crippen molar-refractivity contribution in [2.75, 3.05) is 20.1 Å². The number of likely N-dealkylation sites (tertiary alicyclic amines) is 1. The number of nitrogens with zero attached hydrogens (tertiary/aromatic N) is 1. The van der Waals surface area contributed by atoms with Gasteiger partial charge in [-0.3, -0.25) is 9.59 Å². The van der Waals surface area contributed by atoms with Gasteiger partial charge in [-0.15, -0.1) is 0 Å². The van der Waals surface area contributed by atoms with E-state index in [4.69, 9.17) is 0 Å². The van der Waals surface area contributed by atoms with Crippen LogP contribution in [0.1, 0.15) is 91.4 Å². The maximum absolute atomic E-state index is 12.9. The van der Waals surface area contributed by atoms with Crippen LogP contribution in [0.5, 0.6) is 0 Å². The van der Waals surface area contributed by atoms with Crippen molar-refractivity contribution >= 4 is 11.8 Å². The highest BCUT2D eigenvalue weighted by Crippen LogP contribution is 2.67. The maximum atomic E-state index is 12.9. The van der Waals surface area contributed by atoms with Crippen LogP contribution in [0.4, 0.5) is 0 Å². The van der Waals surface area contributed by atoms with Crippen molar-refractivity contribution in [1.29, 1.82) is 0 Å². The van der Waals surface area contributed by atoms with Crippen LogP contribution in [0, 0.1) is 46.3 Å². The Bertz CT molecular complexity index is 870. The first-order valence-electron chi connectivity index (χ1n) is 14.5. The smallest absolute Gasteiger partial charge is 0.224 e. The molecule has 5 heteroatoms. The van der Waals surface area contributed by atoms with Gasteiger partial charge >= 0.3 is 0 Å². The molecular formula is C30H48N2O3. The minimum absolute atomic E-state index is 0.0367. The van der Waals surface area contributed by atoms with Gasteiger partial charge < -0.3 is 15.3 Å². The average molecular weight is 485 g/mol. The van der Waals surface area contributed by atoms with E-state index in [1.165, 1.54) is 32.1 Å². The zero-order valence-electron chi connectivity index (χ0n) is 22.5. The molecule has 5 aliphatic rings. The van der Waals surface area contributed by atoms with Crippen LogP contribution >= 0.6 is 0 Å². The summed E-state index contributed by atoms with van der Waals surface area (Å²) in [6.07, 6.45) is 14.3. The van der Waals surface area contributed by atoms with E-state index in [9.17, 15) is 14.7 Å². The van der Waals surface area contributed by atoms with E-state index >= 15 is 0 Å². The van der Waals surface area contributed by atoms with Crippen LogP contribution in [0.2, 0.25) is 0 Å². The third kappa shape index (κ3) is 4.28. The van der Waals surface area contributed by atoms with Crippen molar-refractivity contribution in [2.24, 2.45) is 46.3 Å². The molecule has 2 amide bonds. The monoisotopic (exact) mass is 484 g/mol. The Kier molecular flexibility index (Phi) is 6.87. The van der Waals surface area contributed by atoms with Crippen LogP contribution in [-0.2, 0) is 9.59 Å². The Labute approximate surface area is 212 Å². The second-order valence-corrected chi connectivity index (χ2v) is 13.3. The summed E-state index contributed by atoms with van der Waals surface area (Å²) in [5.41, 5.74) is 2.27. The largest absolute Gasteiger partial charge is 0.393 e. The quantitative estimate of drug-likeness (QED) is 0.543. The molecular weight excluding hydrogens is 436 g/mol. The summed E-state index contributed by atoms with van der Waals surface area (Å²) in [7, 11) is 1.68. The second kappa shape index (κ2) is 9.50. The molecule has 4 aliphatic carbocycles. The summed E-state index contributed by atoms with van der Waals surface area (Å²) in [6.45, 7) is 8.81. The van der Waals surface area contributed by atoms with E-state index in [0.717, 1.165) is 56.4 Å². The highest BCUT2D eigenvalue weighted by atomic mass is 16.3. The molecule has 2 unspecified atom stereocenters. The van der Waals surface area contributed by atoms with E-state index in [1.807, 2.05) is 4.90 Å². The normalized spacial score (nSPS) is 43.6. The zero-order valence-corrected chi connectivity index (χ0v) is 22.5. The number of allylic oxidation sites excluding steroid dienone is 1. The van der Waals surface area contributed by atoms with E-state index < -0.39 is 0 Å². The highest BCUT2D eigenvalue weighted by Gasteiger charge is 2.59. The predicted molar refractivity (Wildman–Crippen MR) is 138 cm³/mol. The molecule has 35 heavy (non-hydrogen) atoms. The molecule has 0 bridgehead atoms. The van der Waals surface area contributed by atoms with Gasteiger partial charge in [0, 0.05) is 26.6 Å². The van der Waals surface area contributed by atoms with Crippen molar-refractivity contribution in [3.8, 4) is 0 Å². The predicted octanol–water partition coefficient (Wildman–Crippen LogP) is 4.94. The van der Waals surface area contributed by atoms with Gasteiger partial charge in [-0.1, -0.05) is 32.4 Å². The zero-order chi connectivity index (χ0) is 25.0. The van der Waals surface area contributed by atoms with Crippen molar-refractivity contribution in [3.05, 3.63) is 11.6 Å². The molecule has 5 nitrogen and oxygen atoms in total. The molecule has 0 aromatic heterocycles. The third-order valence-electron chi connectivity index (χ3n) is 11.8. The van der Waals surface area contributed by atoms with E-state index in [2.05, 4.69) is 32.2 Å². The van der Waals surface area contributed by atoms with Gasteiger partial charge in [0.2, 0.25) is 11.8 Å². The fraction of sp³-hybridized carbons (Fsp3) is 0.867. The highest BCUT2D eigenvalue weighted by molar-refractivity contribution is 5.81. The molecule has 3 saturated carbocycles. The first-order chi connectivity index (χ1) is 16.7. The van der Waals surface area contributed by atoms with Crippen molar-refractivity contribution in [3.63, 3.8) is 0 Å². The number of hydrogen-bond acceptors (Lipinski definition) is 3. The lowest BCUT2D eigenvalue weighted by molar-refractivity contribution is -0.131. The summed E-state index contributed by atoms with van der Waals surface area (Å²) >= 11 is 0. The molecule has 1 aliphatic heterocycles. The minimum Gasteiger partial charge on any atom is -0.393 e. The van der Waals surface area contributed by atoms with Crippen molar-refractivity contribution in [1.82, 2.24) is 10.2 Å². The molecule has 196 valence electrons. The number of rotatable bonds is 5. The van der Waals surface area contributed by atoms with E-state index in [1.54, 1.807) is 12.6 Å². The number of aliphatic hydroxyl groups is 1. The van der Waals surface area contributed by atoms with Gasteiger partial charge in [0.15, 0.2) is 0 Å².